The Morgan fingerprint density at radius 2 is 1.64 bits per heavy atom. The third-order valence-electron chi connectivity index (χ3n) is 2.06. The summed E-state index contributed by atoms with van der Waals surface area (Å²) in [6.45, 7) is 0.318. The van der Waals surface area contributed by atoms with Gasteiger partial charge in [-0.25, -0.2) is 0 Å². The van der Waals surface area contributed by atoms with Crippen LogP contribution < -0.4 is 8.32 Å². The van der Waals surface area contributed by atoms with E-state index in [9.17, 15) is 0 Å². The van der Waals surface area contributed by atoms with Gasteiger partial charge in [-0.05, 0) is 0 Å². The fourth-order valence-corrected chi connectivity index (χ4v) is 4.51. The first-order valence-corrected chi connectivity index (χ1v) is 14.8. The first-order valence-electron chi connectivity index (χ1n) is 4.76. The molecule has 2 nitrogen and oxygen atoms in total. The summed E-state index contributed by atoms with van der Waals surface area (Å²) in [4.78, 5) is 7.21. The Morgan fingerprint density at radius 3 is 2.07 bits per heavy atom. The van der Waals surface area contributed by atoms with Crippen molar-refractivity contribution in [3.63, 3.8) is 0 Å². The molecule has 1 aromatic rings. The number of hydrogen-bond acceptors (Lipinski definition) is 2. The van der Waals surface area contributed by atoms with Crippen LogP contribution in [0.2, 0.25) is 14.8 Å². The minimum absolute atomic E-state index is 0.318. The van der Waals surface area contributed by atoms with Gasteiger partial charge in [0.05, 0.1) is 0 Å². The second-order valence-electron chi connectivity index (χ2n) is 4.33. The Hall–Kier alpha value is -0.221. The van der Waals surface area contributed by atoms with Gasteiger partial charge in [-0.15, -0.1) is 0 Å². The van der Waals surface area contributed by atoms with E-state index >= 15 is 0 Å². The molecule has 14 heavy (non-hydrogen) atoms. The molecular formula is C11H18O2Sn. The van der Waals surface area contributed by atoms with E-state index in [1.54, 1.807) is 7.11 Å². The van der Waals surface area contributed by atoms with Crippen molar-refractivity contribution < 1.29 is 9.47 Å². The van der Waals surface area contributed by atoms with E-state index in [0.29, 0.717) is 6.79 Å². The van der Waals surface area contributed by atoms with Gasteiger partial charge in [0, 0.05) is 0 Å². The molecule has 0 aliphatic rings. The van der Waals surface area contributed by atoms with Crippen molar-refractivity contribution in [2.45, 2.75) is 14.8 Å². The summed E-state index contributed by atoms with van der Waals surface area (Å²) >= 11 is -1.88. The van der Waals surface area contributed by atoms with Crippen LogP contribution in [0.3, 0.4) is 0 Å². The summed E-state index contributed by atoms with van der Waals surface area (Å²) in [5, 5.41) is 0. The Kier molecular flexibility index (Phi) is 4.26. The van der Waals surface area contributed by atoms with E-state index in [1.165, 1.54) is 3.58 Å². The molecule has 0 atom stereocenters. The Morgan fingerprint density at radius 1 is 1.07 bits per heavy atom. The van der Waals surface area contributed by atoms with Gasteiger partial charge in [0.2, 0.25) is 0 Å². The standard InChI is InChI=1S/C8H9O2.3CH3.Sn/c1-9-7-10-8-5-3-2-4-6-8;;;;/h3-6H,7H2,1H3;3*1H3;. The molecule has 78 valence electrons. The van der Waals surface area contributed by atoms with Crippen LogP contribution in [0, 0.1) is 0 Å². The monoisotopic (exact) mass is 302 g/mol. The predicted octanol–water partition coefficient (Wildman–Crippen LogP) is 2.21. The van der Waals surface area contributed by atoms with Gasteiger partial charge in [-0.3, -0.25) is 0 Å². The molecular weight excluding hydrogens is 283 g/mol. The Balaban J connectivity index is 2.69. The van der Waals surface area contributed by atoms with Crippen molar-refractivity contribution in [3.8, 4) is 5.75 Å². The van der Waals surface area contributed by atoms with Crippen LogP contribution in [0.15, 0.2) is 24.3 Å². The third kappa shape index (κ3) is 3.50. The third-order valence-corrected chi connectivity index (χ3v) is 7.96. The van der Waals surface area contributed by atoms with Gasteiger partial charge in [0.1, 0.15) is 0 Å². The number of methoxy groups -OCH3 is 1. The van der Waals surface area contributed by atoms with Crippen molar-refractivity contribution in [1.82, 2.24) is 0 Å². The topological polar surface area (TPSA) is 18.5 Å². The molecule has 1 rings (SSSR count). The minimum atomic E-state index is -1.88. The molecule has 0 aromatic heterocycles. The van der Waals surface area contributed by atoms with Crippen LogP contribution in [0.1, 0.15) is 0 Å². The second-order valence-corrected chi connectivity index (χ2v) is 18.8. The number of benzene rings is 1. The molecule has 0 unspecified atom stereocenters. The van der Waals surface area contributed by atoms with Crippen LogP contribution in [-0.4, -0.2) is 32.3 Å². The summed E-state index contributed by atoms with van der Waals surface area (Å²) in [5.74, 6) is 0.881. The average molecular weight is 301 g/mol. The van der Waals surface area contributed by atoms with Crippen LogP contribution >= 0.6 is 0 Å². The summed E-state index contributed by atoms with van der Waals surface area (Å²) in [6.07, 6.45) is 0. The van der Waals surface area contributed by atoms with Gasteiger partial charge < -0.3 is 0 Å². The molecule has 0 spiro atoms. The first-order chi connectivity index (χ1) is 6.54. The summed E-state index contributed by atoms with van der Waals surface area (Å²) in [5.41, 5.74) is 0. The molecule has 0 bridgehead atoms. The van der Waals surface area contributed by atoms with E-state index < -0.39 is 18.4 Å². The van der Waals surface area contributed by atoms with Crippen molar-refractivity contribution in [3.05, 3.63) is 24.3 Å². The van der Waals surface area contributed by atoms with Crippen molar-refractivity contribution in [1.29, 1.82) is 0 Å². The van der Waals surface area contributed by atoms with Crippen LogP contribution in [-0.2, 0) is 4.74 Å². The molecule has 0 saturated carbocycles. The maximum absolute atomic E-state index is 5.32. The molecule has 0 aliphatic carbocycles. The number of ether oxygens (including phenoxy) is 2. The number of hydrogen-bond donors (Lipinski definition) is 0. The normalized spacial score (nSPS) is 11.4. The van der Waals surface area contributed by atoms with E-state index in [4.69, 9.17) is 9.47 Å². The quantitative estimate of drug-likeness (QED) is 0.627. The van der Waals surface area contributed by atoms with Crippen molar-refractivity contribution >= 4 is 22.0 Å². The van der Waals surface area contributed by atoms with Crippen molar-refractivity contribution in [2.24, 2.45) is 0 Å². The molecule has 0 saturated heterocycles. The summed E-state index contributed by atoms with van der Waals surface area (Å²) in [7, 11) is 1.62. The Labute approximate surface area is 90.1 Å². The van der Waals surface area contributed by atoms with E-state index in [1.807, 2.05) is 12.1 Å². The zero-order chi connectivity index (χ0) is 10.6. The zero-order valence-corrected chi connectivity index (χ0v) is 12.2. The van der Waals surface area contributed by atoms with Gasteiger partial charge in [-0.1, -0.05) is 0 Å². The van der Waals surface area contributed by atoms with Gasteiger partial charge in [0.15, 0.2) is 0 Å². The fraction of sp³-hybridized carbons (Fsp3) is 0.455. The van der Waals surface area contributed by atoms with Crippen LogP contribution in [0.25, 0.3) is 0 Å². The van der Waals surface area contributed by atoms with Gasteiger partial charge in [0.25, 0.3) is 0 Å². The Bertz CT molecular complexity index is 274. The molecule has 0 N–H and O–H groups in total. The molecule has 1 aromatic carbocycles. The SMILES string of the molecule is COCOc1cc[c]([Sn]([CH3])([CH3])[CH3])cc1. The van der Waals surface area contributed by atoms with Crippen LogP contribution in [0.5, 0.6) is 5.75 Å². The van der Waals surface area contributed by atoms with Crippen molar-refractivity contribution in [2.75, 3.05) is 13.9 Å². The molecule has 3 heteroatoms. The van der Waals surface area contributed by atoms with E-state index in [0.717, 1.165) is 5.75 Å². The second kappa shape index (κ2) is 5.03. The fourth-order valence-electron chi connectivity index (χ4n) is 1.18. The maximum atomic E-state index is 5.32. The predicted molar refractivity (Wildman–Crippen MR) is 61.9 cm³/mol. The zero-order valence-electron chi connectivity index (χ0n) is 9.33. The van der Waals surface area contributed by atoms with Gasteiger partial charge in [-0.2, -0.15) is 0 Å². The first kappa shape index (κ1) is 11.9. The number of rotatable bonds is 4. The average Bonchev–Trinajstić information content (AvgIpc) is 2.14. The molecule has 0 fully saturated rings. The van der Waals surface area contributed by atoms with Crippen LogP contribution in [0.4, 0.5) is 0 Å². The summed E-state index contributed by atoms with van der Waals surface area (Å²) < 4.78 is 11.7. The van der Waals surface area contributed by atoms with Gasteiger partial charge >= 0.3 is 90.2 Å². The van der Waals surface area contributed by atoms with E-state index in [2.05, 4.69) is 27.0 Å². The molecule has 0 radical (unpaired) electrons. The molecule has 0 heterocycles. The molecule has 0 amide bonds. The summed E-state index contributed by atoms with van der Waals surface area (Å²) in [6, 6.07) is 8.41. The molecule has 0 aliphatic heterocycles. The van der Waals surface area contributed by atoms with E-state index in [-0.39, 0.29) is 0 Å².